The van der Waals surface area contributed by atoms with Gasteiger partial charge in [0.15, 0.2) is 0 Å². The molecule has 1 rings (SSSR count). The number of amides is 1. The molecule has 0 saturated heterocycles. The fourth-order valence-electron chi connectivity index (χ4n) is 1.74. The highest BCUT2D eigenvalue weighted by Crippen LogP contribution is 2.25. The van der Waals surface area contributed by atoms with Gasteiger partial charge in [0.05, 0.1) is 11.6 Å². The van der Waals surface area contributed by atoms with E-state index in [0.29, 0.717) is 13.0 Å². The van der Waals surface area contributed by atoms with E-state index in [1.165, 1.54) is 0 Å². The van der Waals surface area contributed by atoms with Crippen molar-refractivity contribution < 1.29 is 9.53 Å². The minimum Gasteiger partial charge on any atom is -0.496 e. The second-order valence-corrected chi connectivity index (χ2v) is 6.55. The molecular formula is C15H23BrN2O2. The normalized spacial score (nSPS) is 11.2. The number of carbonyl (C=O) groups excluding carboxylic acids is 1. The van der Waals surface area contributed by atoms with Crippen LogP contribution in [0.3, 0.4) is 0 Å². The number of halogens is 1. The molecule has 1 aromatic carbocycles. The van der Waals surface area contributed by atoms with Crippen molar-refractivity contribution in [2.24, 2.45) is 0 Å². The molecule has 0 atom stereocenters. The summed E-state index contributed by atoms with van der Waals surface area (Å²) >= 11 is 3.46. The first-order valence-electron chi connectivity index (χ1n) is 6.66. The van der Waals surface area contributed by atoms with Gasteiger partial charge in [-0.2, -0.15) is 0 Å². The molecule has 2 N–H and O–H groups in total. The average molecular weight is 343 g/mol. The fourth-order valence-corrected chi connectivity index (χ4v) is 2.32. The zero-order valence-corrected chi connectivity index (χ0v) is 14.1. The zero-order chi connectivity index (χ0) is 15.2. The number of hydrogen-bond donors (Lipinski definition) is 2. The molecule has 1 aromatic rings. The third-order valence-corrected chi connectivity index (χ3v) is 3.21. The van der Waals surface area contributed by atoms with Crippen molar-refractivity contribution in [3.05, 3.63) is 28.2 Å². The largest absolute Gasteiger partial charge is 0.496 e. The van der Waals surface area contributed by atoms with Crippen LogP contribution in [0.4, 0.5) is 0 Å². The predicted octanol–water partition coefficient (Wildman–Crippen LogP) is 2.85. The molecule has 4 nitrogen and oxygen atoms in total. The third-order valence-electron chi connectivity index (χ3n) is 2.59. The number of methoxy groups -OCH3 is 1. The Balaban J connectivity index is 2.31. The van der Waals surface area contributed by atoms with Crippen molar-refractivity contribution in [3.63, 3.8) is 0 Å². The maximum atomic E-state index is 11.6. The number of rotatable bonds is 6. The minimum absolute atomic E-state index is 0.0703. The van der Waals surface area contributed by atoms with E-state index in [-0.39, 0.29) is 11.4 Å². The van der Waals surface area contributed by atoms with Crippen LogP contribution in [0.25, 0.3) is 0 Å². The van der Waals surface area contributed by atoms with Gasteiger partial charge in [0.2, 0.25) is 5.91 Å². The fraction of sp³-hybridized carbons (Fsp3) is 0.533. The number of ether oxygens (including phenoxy) is 1. The summed E-state index contributed by atoms with van der Waals surface area (Å²) in [6, 6.07) is 5.94. The first-order chi connectivity index (χ1) is 9.31. The van der Waals surface area contributed by atoms with Crippen LogP contribution in [-0.2, 0) is 11.3 Å². The van der Waals surface area contributed by atoms with Gasteiger partial charge in [-0.25, -0.2) is 0 Å². The molecule has 0 saturated carbocycles. The summed E-state index contributed by atoms with van der Waals surface area (Å²) in [6.45, 7) is 7.32. The SMILES string of the molecule is COc1ccc(CNCCC(=O)NC(C)(C)C)cc1Br. The van der Waals surface area contributed by atoms with Gasteiger partial charge in [-0.05, 0) is 54.4 Å². The number of hydrogen-bond acceptors (Lipinski definition) is 3. The van der Waals surface area contributed by atoms with Gasteiger partial charge in [-0.15, -0.1) is 0 Å². The summed E-state index contributed by atoms with van der Waals surface area (Å²) in [5.41, 5.74) is 0.978. The lowest BCUT2D eigenvalue weighted by molar-refractivity contribution is -0.122. The Labute approximate surface area is 129 Å². The van der Waals surface area contributed by atoms with E-state index in [2.05, 4.69) is 26.6 Å². The third kappa shape index (κ3) is 6.39. The zero-order valence-electron chi connectivity index (χ0n) is 12.5. The summed E-state index contributed by atoms with van der Waals surface area (Å²) in [5.74, 6) is 0.888. The average Bonchev–Trinajstić information content (AvgIpc) is 2.33. The Bertz CT molecular complexity index is 456. The van der Waals surface area contributed by atoms with Crippen LogP contribution in [0.15, 0.2) is 22.7 Å². The van der Waals surface area contributed by atoms with Gasteiger partial charge in [0.25, 0.3) is 0 Å². The lowest BCUT2D eigenvalue weighted by Gasteiger charge is -2.20. The highest BCUT2D eigenvalue weighted by atomic mass is 79.9. The lowest BCUT2D eigenvalue weighted by Crippen LogP contribution is -2.41. The topological polar surface area (TPSA) is 50.4 Å². The summed E-state index contributed by atoms with van der Waals surface area (Å²) in [6.07, 6.45) is 0.481. The molecule has 0 aromatic heterocycles. The second kappa shape index (κ2) is 7.64. The Morgan fingerprint density at radius 2 is 2.05 bits per heavy atom. The minimum atomic E-state index is -0.169. The maximum Gasteiger partial charge on any atom is 0.221 e. The van der Waals surface area contributed by atoms with E-state index in [1.807, 2.05) is 39.0 Å². The van der Waals surface area contributed by atoms with Gasteiger partial charge >= 0.3 is 0 Å². The highest BCUT2D eigenvalue weighted by molar-refractivity contribution is 9.10. The molecular weight excluding hydrogens is 320 g/mol. The van der Waals surface area contributed by atoms with Crippen molar-refractivity contribution in [2.45, 2.75) is 39.3 Å². The van der Waals surface area contributed by atoms with Gasteiger partial charge < -0.3 is 15.4 Å². The van der Waals surface area contributed by atoms with E-state index < -0.39 is 0 Å². The van der Waals surface area contributed by atoms with Crippen molar-refractivity contribution in [2.75, 3.05) is 13.7 Å². The molecule has 5 heteroatoms. The van der Waals surface area contributed by atoms with Gasteiger partial charge in [0, 0.05) is 25.0 Å². The molecule has 0 radical (unpaired) electrons. The Hall–Kier alpha value is -1.07. The number of nitrogens with one attached hydrogen (secondary N) is 2. The van der Waals surface area contributed by atoms with Gasteiger partial charge in [0.1, 0.15) is 5.75 Å². The second-order valence-electron chi connectivity index (χ2n) is 5.69. The highest BCUT2D eigenvalue weighted by Gasteiger charge is 2.12. The predicted molar refractivity (Wildman–Crippen MR) is 84.9 cm³/mol. The van der Waals surface area contributed by atoms with E-state index in [0.717, 1.165) is 22.3 Å². The van der Waals surface area contributed by atoms with Crippen molar-refractivity contribution in [1.29, 1.82) is 0 Å². The smallest absolute Gasteiger partial charge is 0.221 e. The molecule has 0 heterocycles. The molecule has 0 bridgehead atoms. The summed E-state index contributed by atoms with van der Waals surface area (Å²) in [5, 5.41) is 6.20. The van der Waals surface area contributed by atoms with Crippen LogP contribution < -0.4 is 15.4 Å². The van der Waals surface area contributed by atoms with Crippen LogP contribution in [-0.4, -0.2) is 25.1 Å². The molecule has 0 spiro atoms. The summed E-state index contributed by atoms with van der Waals surface area (Å²) in [7, 11) is 1.64. The van der Waals surface area contributed by atoms with Crippen LogP contribution >= 0.6 is 15.9 Å². The molecule has 0 unspecified atom stereocenters. The van der Waals surface area contributed by atoms with E-state index in [9.17, 15) is 4.79 Å². The number of benzene rings is 1. The van der Waals surface area contributed by atoms with Crippen LogP contribution in [0, 0.1) is 0 Å². The Morgan fingerprint density at radius 3 is 2.60 bits per heavy atom. The van der Waals surface area contributed by atoms with E-state index in [1.54, 1.807) is 7.11 Å². The van der Waals surface area contributed by atoms with Crippen LogP contribution in [0.1, 0.15) is 32.8 Å². The number of carbonyl (C=O) groups is 1. The summed E-state index contributed by atoms with van der Waals surface area (Å²) in [4.78, 5) is 11.6. The molecule has 20 heavy (non-hydrogen) atoms. The quantitative estimate of drug-likeness (QED) is 0.781. The van der Waals surface area contributed by atoms with E-state index >= 15 is 0 Å². The first kappa shape index (κ1) is 17.0. The molecule has 112 valence electrons. The Kier molecular flexibility index (Phi) is 6.49. The monoisotopic (exact) mass is 342 g/mol. The molecule has 0 aliphatic rings. The van der Waals surface area contributed by atoms with Gasteiger partial charge in [-0.3, -0.25) is 4.79 Å². The Morgan fingerprint density at radius 1 is 1.35 bits per heavy atom. The van der Waals surface area contributed by atoms with E-state index in [4.69, 9.17) is 4.74 Å². The van der Waals surface area contributed by atoms with Gasteiger partial charge in [-0.1, -0.05) is 6.07 Å². The van der Waals surface area contributed by atoms with Crippen LogP contribution in [0.5, 0.6) is 5.75 Å². The van der Waals surface area contributed by atoms with Crippen molar-refractivity contribution >= 4 is 21.8 Å². The van der Waals surface area contributed by atoms with Crippen molar-refractivity contribution in [3.8, 4) is 5.75 Å². The standard InChI is InChI=1S/C15H23BrN2O2/c1-15(2,3)18-14(19)7-8-17-10-11-5-6-13(20-4)12(16)9-11/h5-6,9,17H,7-8,10H2,1-4H3,(H,18,19). The maximum absolute atomic E-state index is 11.6. The lowest BCUT2D eigenvalue weighted by atomic mass is 10.1. The molecule has 0 aliphatic carbocycles. The van der Waals surface area contributed by atoms with Crippen molar-refractivity contribution in [1.82, 2.24) is 10.6 Å². The molecule has 1 amide bonds. The summed E-state index contributed by atoms with van der Waals surface area (Å²) < 4.78 is 6.12. The molecule has 0 aliphatic heterocycles. The van der Waals surface area contributed by atoms with Crippen LogP contribution in [0.2, 0.25) is 0 Å². The first-order valence-corrected chi connectivity index (χ1v) is 7.45. The molecule has 0 fully saturated rings.